The van der Waals surface area contributed by atoms with Crippen molar-refractivity contribution in [3.05, 3.63) is 40.4 Å². The lowest BCUT2D eigenvalue weighted by Gasteiger charge is -1.99. The van der Waals surface area contributed by atoms with Gasteiger partial charge in [-0.2, -0.15) is 0 Å². The van der Waals surface area contributed by atoms with Gasteiger partial charge in [0, 0.05) is 40.5 Å². The maximum atomic E-state index is 12.8. The van der Waals surface area contributed by atoms with Gasteiger partial charge in [-0.05, 0) is 12.1 Å². The molecule has 3 nitrogen and oxygen atoms in total. The minimum Gasteiger partial charge on any atom is -0.261 e. The smallest absolute Gasteiger partial charge is 0.191 e. The lowest BCUT2D eigenvalue weighted by Crippen LogP contribution is -1.90. The van der Waals surface area contributed by atoms with Crippen molar-refractivity contribution < 1.29 is 4.39 Å². The van der Waals surface area contributed by atoms with Gasteiger partial charge in [0.1, 0.15) is 5.82 Å². The fraction of sp³-hybridized carbons (Fsp3) is 0. The molecule has 0 bridgehead atoms. The monoisotopic (exact) mass is 301 g/mol. The average molecular weight is 301 g/mol. The highest BCUT2D eigenvalue weighted by Gasteiger charge is 2.01. The van der Waals surface area contributed by atoms with E-state index in [0.29, 0.717) is 15.1 Å². The van der Waals surface area contributed by atoms with Crippen LogP contribution in [0.2, 0.25) is 0 Å². The van der Waals surface area contributed by atoms with E-state index in [1.165, 1.54) is 6.07 Å². The van der Waals surface area contributed by atoms with E-state index in [1.54, 1.807) is 18.5 Å². The van der Waals surface area contributed by atoms with Crippen molar-refractivity contribution in [2.75, 3.05) is 0 Å². The molecular formula is C9H5FIN3. The van der Waals surface area contributed by atoms with Crippen molar-refractivity contribution in [2.24, 2.45) is 0 Å². The van der Waals surface area contributed by atoms with Gasteiger partial charge >= 0.3 is 0 Å². The quantitative estimate of drug-likeness (QED) is 0.599. The number of nitrogens with zero attached hydrogens (tertiary/aromatic N) is 3. The number of rotatable bonds is 1. The van der Waals surface area contributed by atoms with Crippen molar-refractivity contribution in [1.82, 2.24) is 15.0 Å². The van der Waals surface area contributed by atoms with E-state index in [9.17, 15) is 4.39 Å². The summed E-state index contributed by atoms with van der Waals surface area (Å²) in [5.41, 5.74) is 1.33. The summed E-state index contributed by atoms with van der Waals surface area (Å²) < 4.78 is 13.5. The van der Waals surface area contributed by atoms with E-state index in [2.05, 4.69) is 15.0 Å². The normalized spacial score (nSPS) is 10.1. The van der Waals surface area contributed by atoms with Crippen LogP contribution in [-0.2, 0) is 0 Å². The Hall–Kier alpha value is -1.11. The van der Waals surface area contributed by atoms with Gasteiger partial charge in [-0.1, -0.05) is 0 Å². The SMILES string of the molecule is Fc1cncc(-c2ccnc(I)n2)c1. The molecule has 0 aromatic carbocycles. The largest absolute Gasteiger partial charge is 0.261 e. The highest BCUT2D eigenvalue weighted by atomic mass is 127. The predicted octanol–water partition coefficient (Wildman–Crippen LogP) is 2.28. The van der Waals surface area contributed by atoms with Crippen molar-refractivity contribution in [2.45, 2.75) is 0 Å². The fourth-order valence-corrected chi connectivity index (χ4v) is 1.47. The molecular weight excluding hydrogens is 296 g/mol. The van der Waals surface area contributed by atoms with E-state index in [1.807, 2.05) is 22.6 Å². The van der Waals surface area contributed by atoms with E-state index >= 15 is 0 Å². The molecule has 70 valence electrons. The van der Waals surface area contributed by atoms with E-state index in [4.69, 9.17) is 0 Å². The Morgan fingerprint density at radius 2 is 2.14 bits per heavy atom. The molecule has 0 radical (unpaired) electrons. The minimum absolute atomic E-state index is 0.365. The zero-order chi connectivity index (χ0) is 9.97. The van der Waals surface area contributed by atoms with Gasteiger partial charge in [0.15, 0.2) is 3.83 Å². The zero-order valence-electron chi connectivity index (χ0n) is 6.98. The molecule has 0 saturated heterocycles. The highest BCUT2D eigenvalue weighted by Crippen LogP contribution is 2.16. The van der Waals surface area contributed by atoms with Crippen molar-refractivity contribution in [3.63, 3.8) is 0 Å². The summed E-state index contributed by atoms with van der Waals surface area (Å²) in [7, 11) is 0. The summed E-state index contributed by atoms with van der Waals surface area (Å²) in [6.45, 7) is 0. The molecule has 0 N–H and O–H groups in total. The first-order chi connectivity index (χ1) is 6.75. The van der Waals surface area contributed by atoms with Crippen LogP contribution in [0.4, 0.5) is 4.39 Å². The molecule has 2 aromatic heterocycles. The standard InChI is InChI=1S/C9H5FIN3/c10-7-3-6(4-12-5-7)8-1-2-13-9(11)14-8/h1-5H. The number of pyridine rings is 1. The van der Waals surface area contributed by atoms with E-state index < -0.39 is 0 Å². The van der Waals surface area contributed by atoms with Crippen LogP contribution < -0.4 is 0 Å². The molecule has 2 aromatic rings. The molecule has 5 heteroatoms. The summed E-state index contributed by atoms with van der Waals surface area (Å²) >= 11 is 2.00. The van der Waals surface area contributed by atoms with Gasteiger partial charge in [-0.3, -0.25) is 4.98 Å². The molecule has 0 unspecified atom stereocenters. The van der Waals surface area contributed by atoms with E-state index in [0.717, 1.165) is 6.20 Å². The molecule has 2 heterocycles. The fourth-order valence-electron chi connectivity index (χ4n) is 1.05. The molecule has 0 aliphatic rings. The van der Waals surface area contributed by atoms with Gasteiger partial charge in [-0.15, -0.1) is 0 Å². The lowest BCUT2D eigenvalue weighted by atomic mass is 10.2. The summed E-state index contributed by atoms with van der Waals surface area (Å²) in [5, 5.41) is 0. The number of aromatic nitrogens is 3. The zero-order valence-corrected chi connectivity index (χ0v) is 9.14. The molecule has 0 spiro atoms. The molecule has 0 atom stereocenters. The second-order valence-corrected chi connectivity index (χ2v) is 3.57. The molecule has 0 fully saturated rings. The average Bonchev–Trinajstić information content (AvgIpc) is 2.18. The Morgan fingerprint density at radius 3 is 2.86 bits per heavy atom. The van der Waals surface area contributed by atoms with Crippen LogP contribution in [0, 0.1) is 9.65 Å². The Morgan fingerprint density at radius 1 is 1.29 bits per heavy atom. The maximum Gasteiger partial charge on any atom is 0.191 e. The van der Waals surface area contributed by atoms with Gasteiger partial charge in [0.05, 0.1) is 11.9 Å². The Balaban J connectivity index is 2.49. The third-order valence-electron chi connectivity index (χ3n) is 1.63. The summed E-state index contributed by atoms with van der Waals surface area (Å²) in [6.07, 6.45) is 4.37. The van der Waals surface area contributed by atoms with Crippen molar-refractivity contribution in [1.29, 1.82) is 0 Å². The molecule has 0 aliphatic heterocycles. The maximum absolute atomic E-state index is 12.8. The van der Waals surface area contributed by atoms with Crippen LogP contribution in [0.3, 0.4) is 0 Å². The van der Waals surface area contributed by atoms with Crippen LogP contribution in [0.25, 0.3) is 11.3 Å². The van der Waals surface area contributed by atoms with Gasteiger partial charge < -0.3 is 0 Å². The molecule has 0 saturated carbocycles. The lowest BCUT2D eigenvalue weighted by molar-refractivity contribution is 0.622. The number of hydrogen-bond acceptors (Lipinski definition) is 3. The predicted molar refractivity (Wildman–Crippen MR) is 57.9 cm³/mol. The first kappa shape index (κ1) is 9.45. The first-order valence-electron chi connectivity index (χ1n) is 3.85. The number of hydrogen-bond donors (Lipinski definition) is 0. The van der Waals surface area contributed by atoms with Crippen LogP contribution in [0.5, 0.6) is 0 Å². The molecule has 0 amide bonds. The summed E-state index contributed by atoms with van der Waals surface area (Å²) in [5.74, 6) is -0.365. The summed E-state index contributed by atoms with van der Waals surface area (Å²) in [6, 6.07) is 3.12. The van der Waals surface area contributed by atoms with Crippen LogP contribution in [0.1, 0.15) is 0 Å². The second-order valence-electron chi connectivity index (χ2n) is 2.60. The topological polar surface area (TPSA) is 38.7 Å². The summed E-state index contributed by atoms with van der Waals surface area (Å²) in [4.78, 5) is 11.9. The molecule has 2 rings (SSSR count). The van der Waals surface area contributed by atoms with Crippen molar-refractivity contribution in [3.8, 4) is 11.3 Å². The van der Waals surface area contributed by atoms with Crippen LogP contribution in [0.15, 0.2) is 30.7 Å². The Bertz CT molecular complexity index is 418. The van der Waals surface area contributed by atoms with Gasteiger partial charge in [0.25, 0.3) is 0 Å². The van der Waals surface area contributed by atoms with Crippen molar-refractivity contribution >= 4 is 22.6 Å². The third kappa shape index (κ3) is 2.03. The number of halogens is 2. The third-order valence-corrected chi connectivity index (χ3v) is 2.15. The first-order valence-corrected chi connectivity index (χ1v) is 4.93. The second kappa shape index (κ2) is 3.95. The van der Waals surface area contributed by atoms with Crippen LogP contribution >= 0.6 is 22.6 Å². The van der Waals surface area contributed by atoms with Gasteiger partial charge in [0.2, 0.25) is 0 Å². The Kier molecular flexibility index (Phi) is 2.67. The molecule has 0 aliphatic carbocycles. The molecule has 14 heavy (non-hydrogen) atoms. The Labute approximate surface area is 93.6 Å². The van der Waals surface area contributed by atoms with Crippen LogP contribution in [-0.4, -0.2) is 15.0 Å². The van der Waals surface area contributed by atoms with Gasteiger partial charge in [-0.25, -0.2) is 14.4 Å². The van der Waals surface area contributed by atoms with E-state index in [-0.39, 0.29) is 5.82 Å². The minimum atomic E-state index is -0.365. The highest BCUT2D eigenvalue weighted by molar-refractivity contribution is 14.1.